The van der Waals surface area contributed by atoms with Crippen molar-refractivity contribution in [3.05, 3.63) is 29.9 Å². The Balaban J connectivity index is 1.83. The first kappa shape index (κ1) is 20.5. The molecule has 8 heteroatoms. The lowest BCUT2D eigenvalue weighted by atomic mass is 10.2. The summed E-state index contributed by atoms with van der Waals surface area (Å²) in [5, 5.41) is 10.5. The average Bonchev–Trinajstić information content (AvgIpc) is 3.14. The smallest absolute Gasteiger partial charge is 0.226 e. The molecule has 148 valence electrons. The van der Waals surface area contributed by atoms with Gasteiger partial charge < -0.3 is 24.6 Å². The Morgan fingerprint density at radius 1 is 1.30 bits per heavy atom. The summed E-state index contributed by atoms with van der Waals surface area (Å²) in [5.74, 6) is 3.76. The lowest BCUT2D eigenvalue weighted by Crippen LogP contribution is -2.31. The first-order valence-electron chi connectivity index (χ1n) is 9.18. The van der Waals surface area contributed by atoms with E-state index < -0.39 is 0 Å². The Labute approximate surface area is 160 Å². The van der Waals surface area contributed by atoms with Gasteiger partial charge in [-0.2, -0.15) is 4.98 Å². The fourth-order valence-electron chi connectivity index (χ4n) is 2.39. The SMILES string of the molecule is CCOc1ccc(NC(=NC)NCCCc2nc(C(C)C)no2)cc1OC. The van der Waals surface area contributed by atoms with E-state index in [1.807, 2.05) is 39.0 Å². The molecule has 0 bridgehead atoms. The molecule has 2 rings (SSSR count). The Morgan fingerprint density at radius 2 is 2.11 bits per heavy atom. The van der Waals surface area contributed by atoms with E-state index in [1.54, 1.807) is 14.2 Å². The second-order valence-corrected chi connectivity index (χ2v) is 6.23. The van der Waals surface area contributed by atoms with Crippen molar-refractivity contribution < 1.29 is 14.0 Å². The van der Waals surface area contributed by atoms with Crippen LogP contribution >= 0.6 is 0 Å². The van der Waals surface area contributed by atoms with Crippen molar-refractivity contribution in [2.24, 2.45) is 4.99 Å². The van der Waals surface area contributed by atoms with Gasteiger partial charge in [-0.05, 0) is 25.5 Å². The molecule has 0 amide bonds. The highest BCUT2D eigenvalue weighted by Crippen LogP contribution is 2.30. The van der Waals surface area contributed by atoms with E-state index >= 15 is 0 Å². The maximum atomic E-state index is 5.53. The van der Waals surface area contributed by atoms with E-state index in [4.69, 9.17) is 14.0 Å². The van der Waals surface area contributed by atoms with E-state index in [2.05, 4.69) is 25.8 Å². The number of nitrogens with one attached hydrogen (secondary N) is 2. The summed E-state index contributed by atoms with van der Waals surface area (Å²) in [7, 11) is 3.35. The average molecular weight is 375 g/mol. The molecular weight excluding hydrogens is 346 g/mol. The third kappa shape index (κ3) is 6.16. The van der Waals surface area contributed by atoms with Gasteiger partial charge in [-0.25, -0.2) is 0 Å². The molecule has 1 aromatic carbocycles. The fourth-order valence-corrected chi connectivity index (χ4v) is 2.39. The van der Waals surface area contributed by atoms with E-state index in [0.717, 1.165) is 30.9 Å². The number of aromatic nitrogens is 2. The van der Waals surface area contributed by atoms with Gasteiger partial charge in [0.1, 0.15) is 0 Å². The summed E-state index contributed by atoms with van der Waals surface area (Å²) >= 11 is 0. The van der Waals surface area contributed by atoms with Gasteiger partial charge in [0.2, 0.25) is 5.89 Å². The molecule has 0 saturated heterocycles. The van der Waals surface area contributed by atoms with Crippen LogP contribution in [0.4, 0.5) is 5.69 Å². The molecule has 0 saturated carbocycles. The van der Waals surface area contributed by atoms with E-state index in [9.17, 15) is 0 Å². The molecule has 2 N–H and O–H groups in total. The molecular formula is C19H29N5O3. The van der Waals surface area contributed by atoms with E-state index in [0.29, 0.717) is 30.0 Å². The number of aliphatic imine (C=N–C) groups is 1. The number of rotatable bonds is 9. The Morgan fingerprint density at radius 3 is 2.74 bits per heavy atom. The normalized spacial score (nSPS) is 11.6. The number of benzene rings is 1. The molecule has 0 aliphatic carbocycles. The summed E-state index contributed by atoms with van der Waals surface area (Å²) in [6, 6.07) is 5.68. The van der Waals surface area contributed by atoms with Gasteiger partial charge in [0.25, 0.3) is 0 Å². The molecule has 8 nitrogen and oxygen atoms in total. The molecule has 2 aromatic rings. The van der Waals surface area contributed by atoms with Gasteiger partial charge in [0.05, 0.1) is 13.7 Å². The standard InChI is InChI=1S/C19H29N5O3/c1-6-26-15-10-9-14(12-16(15)25-5)22-19(20-4)21-11-7-8-17-23-18(13(2)3)24-27-17/h9-10,12-13H,6-8,11H2,1-5H3,(H2,20,21,22). The zero-order valence-electron chi connectivity index (χ0n) is 16.7. The van der Waals surface area contributed by atoms with Crippen LogP contribution in [-0.2, 0) is 6.42 Å². The Kier molecular flexibility index (Phi) is 7.91. The lowest BCUT2D eigenvalue weighted by Gasteiger charge is -2.14. The quantitative estimate of drug-likeness (QED) is 0.395. The second kappa shape index (κ2) is 10.4. The predicted molar refractivity (Wildman–Crippen MR) is 106 cm³/mol. The first-order chi connectivity index (χ1) is 13.1. The van der Waals surface area contributed by atoms with Gasteiger partial charge in [-0.1, -0.05) is 19.0 Å². The molecule has 1 aromatic heterocycles. The van der Waals surface area contributed by atoms with Gasteiger partial charge >= 0.3 is 0 Å². The van der Waals surface area contributed by atoms with Crippen LogP contribution in [0.15, 0.2) is 27.7 Å². The largest absolute Gasteiger partial charge is 0.493 e. The summed E-state index contributed by atoms with van der Waals surface area (Å²) in [6.07, 6.45) is 1.58. The van der Waals surface area contributed by atoms with Crippen LogP contribution in [0.3, 0.4) is 0 Å². The minimum Gasteiger partial charge on any atom is -0.493 e. The highest BCUT2D eigenvalue weighted by atomic mass is 16.5. The summed E-state index contributed by atoms with van der Waals surface area (Å²) in [5.41, 5.74) is 0.863. The molecule has 0 aliphatic heterocycles. The van der Waals surface area contributed by atoms with Crippen LogP contribution in [0.2, 0.25) is 0 Å². The van der Waals surface area contributed by atoms with Crippen molar-refractivity contribution in [1.29, 1.82) is 0 Å². The van der Waals surface area contributed by atoms with Crippen LogP contribution in [-0.4, -0.2) is 43.4 Å². The maximum Gasteiger partial charge on any atom is 0.226 e. The number of hydrogen-bond acceptors (Lipinski definition) is 6. The molecule has 27 heavy (non-hydrogen) atoms. The van der Waals surface area contributed by atoms with Gasteiger partial charge in [-0.15, -0.1) is 0 Å². The monoisotopic (exact) mass is 375 g/mol. The molecule has 0 atom stereocenters. The van der Waals surface area contributed by atoms with Gasteiger partial charge in [0.15, 0.2) is 23.3 Å². The second-order valence-electron chi connectivity index (χ2n) is 6.23. The highest BCUT2D eigenvalue weighted by Gasteiger charge is 2.10. The van der Waals surface area contributed by atoms with Crippen molar-refractivity contribution in [3.63, 3.8) is 0 Å². The van der Waals surface area contributed by atoms with Crippen molar-refractivity contribution in [2.45, 2.75) is 39.5 Å². The maximum absolute atomic E-state index is 5.53. The lowest BCUT2D eigenvalue weighted by molar-refractivity contribution is 0.311. The third-order valence-electron chi connectivity index (χ3n) is 3.81. The molecule has 1 heterocycles. The van der Waals surface area contributed by atoms with Crippen LogP contribution in [0, 0.1) is 0 Å². The van der Waals surface area contributed by atoms with Crippen molar-refractivity contribution in [1.82, 2.24) is 15.5 Å². The van der Waals surface area contributed by atoms with Crippen LogP contribution in [0.25, 0.3) is 0 Å². The van der Waals surface area contributed by atoms with Crippen molar-refractivity contribution >= 4 is 11.6 Å². The highest BCUT2D eigenvalue weighted by molar-refractivity contribution is 5.93. The topological polar surface area (TPSA) is 93.8 Å². The minimum absolute atomic E-state index is 0.273. The van der Waals surface area contributed by atoms with Crippen molar-refractivity contribution in [3.8, 4) is 11.5 Å². The number of nitrogens with zero attached hydrogens (tertiary/aromatic N) is 3. The number of guanidine groups is 1. The summed E-state index contributed by atoms with van der Waals surface area (Å²) < 4.78 is 16.2. The number of ether oxygens (including phenoxy) is 2. The molecule has 0 unspecified atom stereocenters. The summed E-state index contributed by atoms with van der Waals surface area (Å²) in [6.45, 7) is 7.34. The Hall–Kier alpha value is -2.77. The number of hydrogen-bond donors (Lipinski definition) is 2. The molecule has 0 spiro atoms. The number of methoxy groups -OCH3 is 1. The van der Waals surface area contributed by atoms with E-state index in [1.165, 1.54) is 0 Å². The van der Waals surface area contributed by atoms with Gasteiger partial charge in [0, 0.05) is 37.7 Å². The van der Waals surface area contributed by atoms with E-state index in [-0.39, 0.29) is 5.92 Å². The summed E-state index contributed by atoms with van der Waals surface area (Å²) in [4.78, 5) is 8.62. The van der Waals surface area contributed by atoms with Crippen LogP contribution < -0.4 is 20.1 Å². The third-order valence-corrected chi connectivity index (χ3v) is 3.81. The zero-order chi connectivity index (χ0) is 19.6. The number of anilines is 1. The Bertz CT molecular complexity index is 743. The molecule has 0 aliphatic rings. The van der Waals surface area contributed by atoms with Gasteiger partial charge in [-0.3, -0.25) is 4.99 Å². The fraction of sp³-hybridized carbons (Fsp3) is 0.526. The number of aryl methyl sites for hydroxylation is 1. The predicted octanol–water partition coefficient (Wildman–Crippen LogP) is 3.22. The zero-order valence-corrected chi connectivity index (χ0v) is 16.7. The molecule has 0 radical (unpaired) electrons. The minimum atomic E-state index is 0.273. The molecule has 0 fully saturated rings. The van der Waals surface area contributed by atoms with Crippen LogP contribution in [0.1, 0.15) is 44.8 Å². The van der Waals surface area contributed by atoms with Crippen LogP contribution in [0.5, 0.6) is 11.5 Å². The van der Waals surface area contributed by atoms with Crippen molar-refractivity contribution in [2.75, 3.05) is 32.6 Å². The first-order valence-corrected chi connectivity index (χ1v) is 9.18.